The first kappa shape index (κ1) is 32.0. The van der Waals surface area contributed by atoms with Crippen LogP contribution in [0.2, 0.25) is 0 Å². The first-order valence-corrected chi connectivity index (χ1v) is 15.0. The molecule has 5 heteroatoms. The zero-order valence-corrected chi connectivity index (χ0v) is 23.9. The summed E-state index contributed by atoms with van der Waals surface area (Å²) in [5.41, 5.74) is 2.08. The second kappa shape index (κ2) is 21.1. The molecule has 0 aliphatic carbocycles. The Kier molecular flexibility index (Phi) is 18.7. The van der Waals surface area contributed by atoms with Crippen LogP contribution in [0.4, 0.5) is 5.69 Å². The molecule has 0 saturated heterocycles. The van der Waals surface area contributed by atoms with E-state index in [-0.39, 0.29) is 11.8 Å². The molecule has 2 amide bonds. The molecule has 0 fully saturated rings. The summed E-state index contributed by atoms with van der Waals surface area (Å²) >= 11 is 0. The molecular weight excluding hydrogens is 446 g/mol. The lowest BCUT2D eigenvalue weighted by Gasteiger charge is -2.24. The molecular formula is C31H55N3O2. The maximum absolute atomic E-state index is 12.7. The molecule has 0 heterocycles. The lowest BCUT2D eigenvalue weighted by Crippen LogP contribution is -2.41. The molecule has 0 aromatic heterocycles. The highest BCUT2D eigenvalue weighted by Gasteiger charge is 2.17. The topological polar surface area (TPSA) is 61.4 Å². The van der Waals surface area contributed by atoms with Gasteiger partial charge in [0.15, 0.2) is 0 Å². The predicted octanol–water partition coefficient (Wildman–Crippen LogP) is 8.05. The van der Waals surface area contributed by atoms with Gasteiger partial charge in [-0.15, -0.1) is 0 Å². The Bertz CT molecular complexity index is 654. The molecule has 0 spiro atoms. The highest BCUT2D eigenvalue weighted by molar-refractivity contribution is 5.79. The maximum Gasteiger partial charge on any atom is 0.221 e. The molecule has 2 N–H and O–H groups in total. The molecule has 1 rings (SSSR count). The van der Waals surface area contributed by atoms with Gasteiger partial charge in [0.2, 0.25) is 11.8 Å². The minimum atomic E-state index is -0.482. The highest BCUT2D eigenvalue weighted by atomic mass is 16.2. The SMILES string of the molecule is CCCCCCCCCC(=O)NC(NC(=O)CCCCCCCCC)c1ccc(N(CC)CC)cc1. The van der Waals surface area contributed by atoms with Gasteiger partial charge in [-0.1, -0.05) is 103 Å². The number of rotatable bonds is 22. The fourth-order valence-corrected chi connectivity index (χ4v) is 4.62. The van der Waals surface area contributed by atoms with Crippen molar-refractivity contribution in [1.82, 2.24) is 10.6 Å². The van der Waals surface area contributed by atoms with E-state index in [1.807, 2.05) is 12.1 Å². The summed E-state index contributed by atoms with van der Waals surface area (Å²) in [5.74, 6) is 0.0233. The molecule has 0 aliphatic heterocycles. The molecule has 36 heavy (non-hydrogen) atoms. The van der Waals surface area contributed by atoms with Crippen molar-refractivity contribution in [3.63, 3.8) is 0 Å². The van der Waals surface area contributed by atoms with Gasteiger partial charge >= 0.3 is 0 Å². The third-order valence-electron chi connectivity index (χ3n) is 6.98. The average Bonchev–Trinajstić information content (AvgIpc) is 2.88. The van der Waals surface area contributed by atoms with Crippen molar-refractivity contribution in [2.45, 2.75) is 137 Å². The number of nitrogens with zero attached hydrogens (tertiary/aromatic N) is 1. The highest BCUT2D eigenvalue weighted by Crippen LogP contribution is 2.19. The Morgan fingerprint density at radius 3 is 1.39 bits per heavy atom. The number of anilines is 1. The van der Waals surface area contributed by atoms with Crippen molar-refractivity contribution in [2.75, 3.05) is 18.0 Å². The normalized spacial score (nSPS) is 11.0. The van der Waals surface area contributed by atoms with Crippen molar-refractivity contribution in [2.24, 2.45) is 0 Å². The van der Waals surface area contributed by atoms with Crippen molar-refractivity contribution in [3.05, 3.63) is 29.8 Å². The number of unbranched alkanes of at least 4 members (excludes halogenated alkanes) is 12. The van der Waals surface area contributed by atoms with Gasteiger partial charge in [-0.2, -0.15) is 0 Å². The van der Waals surface area contributed by atoms with Gasteiger partial charge in [0.05, 0.1) is 0 Å². The minimum Gasteiger partial charge on any atom is -0.372 e. The van der Waals surface area contributed by atoms with Crippen LogP contribution in [0.5, 0.6) is 0 Å². The molecule has 0 radical (unpaired) electrons. The number of benzene rings is 1. The standard InChI is InChI=1S/C31H55N3O2/c1-5-9-11-13-15-17-19-21-29(35)32-31(27-23-25-28(26-24-27)34(7-3)8-4)33-30(36)22-20-18-16-14-12-10-6-2/h23-26,31H,5-22H2,1-4H3,(H,32,35)(H,33,36). The Balaban J connectivity index is 2.62. The summed E-state index contributed by atoms with van der Waals surface area (Å²) < 4.78 is 0. The van der Waals surface area contributed by atoms with Gasteiger partial charge in [0.25, 0.3) is 0 Å². The van der Waals surface area contributed by atoms with E-state index in [9.17, 15) is 9.59 Å². The van der Waals surface area contributed by atoms with Crippen LogP contribution in [0.3, 0.4) is 0 Å². The van der Waals surface area contributed by atoms with Crippen LogP contribution in [-0.4, -0.2) is 24.9 Å². The summed E-state index contributed by atoms with van der Waals surface area (Å²) in [7, 11) is 0. The molecule has 206 valence electrons. The van der Waals surface area contributed by atoms with Crippen molar-refractivity contribution in [1.29, 1.82) is 0 Å². The van der Waals surface area contributed by atoms with Gasteiger partial charge < -0.3 is 15.5 Å². The van der Waals surface area contributed by atoms with E-state index in [1.54, 1.807) is 0 Å². The first-order valence-electron chi connectivity index (χ1n) is 15.0. The molecule has 0 unspecified atom stereocenters. The molecule has 1 aromatic rings. The van der Waals surface area contributed by atoms with E-state index in [1.165, 1.54) is 64.2 Å². The summed E-state index contributed by atoms with van der Waals surface area (Å²) in [6.45, 7) is 10.6. The van der Waals surface area contributed by atoms with Crippen LogP contribution >= 0.6 is 0 Å². The lowest BCUT2D eigenvalue weighted by atomic mass is 10.1. The third-order valence-corrected chi connectivity index (χ3v) is 6.98. The maximum atomic E-state index is 12.7. The van der Waals surface area contributed by atoms with Crippen LogP contribution in [0.1, 0.15) is 142 Å². The fraction of sp³-hybridized carbons (Fsp3) is 0.742. The summed E-state index contributed by atoms with van der Waals surface area (Å²) in [5, 5.41) is 6.18. The second-order valence-corrected chi connectivity index (χ2v) is 10.1. The van der Waals surface area contributed by atoms with E-state index in [4.69, 9.17) is 0 Å². The zero-order chi connectivity index (χ0) is 26.4. The van der Waals surface area contributed by atoms with E-state index in [0.29, 0.717) is 12.8 Å². The number of amides is 2. The Labute approximate surface area is 222 Å². The molecule has 0 bridgehead atoms. The van der Waals surface area contributed by atoms with Gasteiger partial charge in [0, 0.05) is 31.6 Å². The van der Waals surface area contributed by atoms with Gasteiger partial charge in [-0.05, 0) is 44.4 Å². The minimum absolute atomic E-state index is 0.0117. The zero-order valence-electron chi connectivity index (χ0n) is 23.9. The molecule has 0 aliphatic rings. The quantitative estimate of drug-likeness (QED) is 0.125. The van der Waals surface area contributed by atoms with Gasteiger partial charge in [0.1, 0.15) is 6.17 Å². The van der Waals surface area contributed by atoms with Crippen molar-refractivity contribution < 1.29 is 9.59 Å². The number of carbonyl (C=O) groups is 2. The molecule has 0 saturated carbocycles. The van der Waals surface area contributed by atoms with Gasteiger partial charge in [-0.3, -0.25) is 9.59 Å². The van der Waals surface area contributed by atoms with Crippen LogP contribution in [0.25, 0.3) is 0 Å². The molecule has 5 nitrogen and oxygen atoms in total. The smallest absolute Gasteiger partial charge is 0.221 e. The predicted molar refractivity (Wildman–Crippen MR) is 154 cm³/mol. The van der Waals surface area contributed by atoms with Crippen LogP contribution in [0, 0.1) is 0 Å². The summed E-state index contributed by atoms with van der Waals surface area (Å²) in [6.07, 6.45) is 17.1. The number of carbonyl (C=O) groups excluding carboxylic acids is 2. The lowest BCUT2D eigenvalue weighted by molar-refractivity contribution is -0.124. The van der Waals surface area contributed by atoms with E-state index in [2.05, 4.69) is 55.4 Å². The van der Waals surface area contributed by atoms with Crippen LogP contribution in [0.15, 0.2) is 24.3 Å². The van der Waals surface area contributed by atoms with Crippen LogP contribution in [-0.2, 0) is 9.59 Å². The molecule has 0 atom stereocenters. The van der Waals surface area contributed by atoms with Crippen LogP contribution < -0.4 is 15.5 Å². The fourth-order valence-electron chi connectivity index (χ4n) is 4.62. The first-order chi connectivity index (χ1) is 17.5. The Hall–Kier alpha value is -2.04. The monoisotopic (exact) mass is 501 g/mol. The third kappa shape index (κ3) is 14.5. The van der Waals surface area contributed by atoms with E-state index in [0.717, 1.165) is 50.0 Å². The second-order valence-electron chi connectivity index (χ2n) is 10.1. The van der Waals surface area contributed by atoms with Crippen molar-refractivity contribution >= 4 is 17.5 Å². The Morgan fingerprint density at radius 2 is 1.00 bits per heavy atom. The van der Waals surface area contributed by atoms with E-state index >= 15 is 0 Å². The largest absolute Gasteiger partial charge is 0.372 e. The number of hydrogen-bond acceptors (Lipinski definition) is 3. The Morgan fingerprint density at radius 1 is 0.611 bits per heavy atom. The summed E-state index contributed by atoms with van der Waals surface area (Å²) in [6, 6.07) is 8.22. The average molecular weight is 502 g/mol. The number of nitrogens with one attached hydrogen (secondary N) is 2. The summed E-state index contributed by atoms with van der Waals surface area (Å²) in [4.78, 5) is 27.7. The van der Waals surface area contributed by atoms with Gasteiger partial charge in [-0.25, -0.2) is 0 Å². The number of hydrogen-bond donors (Lipinski definition) is 2. The van der Waals surface area contributed by atoms with Crippen molar-refractivity contribution in [3.8, 4) is 0 Å². The molecule has 1 aromatic carbocycles. The van der Waals surface area contributed by atoms with E-state index < -0.39 is 6.17 Å².